The molecule has 2 aliphatic rings. The van der Waals surface area contributed by atoms with Gasteiger partial charge in [0.1, 0.15) is 10.9 Å². The molecule has 0 aliphatic carbocycles. The number of carboxylic acid groups (broad SMARTS) is 1. The fourth-order valence-electron chi connectivity index (χ4n) is 3.28. The fraction of sp³-hybridized carbons (Fsp3) is 0.533. The van der Waals surface area contributed by atoms with Crippen LogP contribution >= 0.6 is 22.7 Å². The van der Waals surface area contributed by atoms with Gasteiger partial charge in [-0.05, 0) is 31.7 Å². The third kappa shape index (κ3) is 2.59. The van der Waals surface area contributed by atoms with Crippen LogP contribution in [0.25, 0.3) is 9.53 Å². The molecule has 0 spiro atoms. The molecule has 1 unspecified atom stereocenters. The van der Waals surface area contributed by atoms with Crippen molar-refractivity contribution in [2.75, 3.05) is 24.5 Å². The second-order valence-electron chi connectivity index (χ2n) is 5.97. The summed E-state index contributed by atoms with van der Waals surface area (Å²) in [5.41, 5.74) is 0. The van der Waals surface area contributed by atoms with E-state index in [1.54, 1.807) is 11.3 Å². The largest absolute Gasteiger partial charge is 0.480 e. The third-order valence-corrected chi connectivity index (χ3v) is 6.67. The average molecular weight is 351 g/mol. The van der Waals surface area contributed by atoms with Crippen LogP contribution in [0.4, 0.5) is 5.13 Å². The first kappa shape index (κ1) is 14.9. The second kappa shape index (κ2) is 5.76. The molecule has 1 N–H and O–H groups in total. The van der Waals surface area contributed by atoms with E-state index in [2.05, 4.69) is 9.88 Å². The molecule has 1 atom stereocenters. The van der Waals surface area contributed by atoms with Crippen molar-refractivity contribution in [1.29, 1.82) is 0 Å². The van der Waals surface area contributed by atoms with E-state index in [4.69, 9.17) is 0 Å². The highest BCUT2D eigenvalue weighted by Gasteiger charge is 2.35. The summed E-state index contributed by atoms with van der Waals surface area (Å²) >= 11 is 2.99. The van der Waals surface area contributed by atoms with Gasteiger partial charge in [0.25, 0.3) is 5.91 Å². The molecule has 4 rings (SSSR count). The Morgan fingerprint density at radius 1 is 1.17 bits per heavy atom. The number of aromatic nitrogens is 1. The zero-order valence-corrected chi connectivity index (χ0v) is 14.2. The van der Waals surface area contributed by atoms with Crippen LogP contribution in [0, 0.1) is 0 Å². The SMILES string of the molecule is O=C(O)C1CCCN1C(=O)c1cc2sc(N3CCCC3)nc2s1. The van der Waals surface area contributed by atoms with E-state index in [0.717, 1.165) is 34.2 Å². The Labute approximate surface area is 141 Å². The lowest BCUT2D eigenvalue weighted by molar-refractivity contribution is -0.141. The summed E-state index contributed by atoms with van der Waals surface area (Å²) in [5, 5.41) is 10.3. The Kier molecular flexibility index (Phi) is 3.73. The van der Waals surface area contributed by atoms with Crippen LogP contribution in [0.15, 0.2) is 6.07 Å². The first-order chi connectivity index (χ1) is 11.1. The van der Waals surface area contributed by atoms with Crippen molar-refractivity contribution in [3.8, 4) is 0 Å². The number of carboxylic acids is 1. The predicted molar refractivity (Wildman–Crippen MR) is 90.6 cm³/mol. The normalized spacial score (nSPS) is 21.5. The summed E-state index contributed by atoms with van der Waals surface area (Å²) in [5.74, 6) is -1.09. The van der Waals surface area contributed by atoms with Gasteiger partial charge in [-0.1, -0.05) is 11.3 Å². The zero-order chi connectivity index (χ0) is 16.0. The molecule has 1 amide bonds. The Hall–Kier alpha value is -1.67. The van der Waals surface area contributed by atoms with Gasteiger partial charge in [-0.15, -0.1) is 11.3 Å². The van der Waals surface area contributed by atoms with Crippen LogP contribution < -0.4 is 4.90 Å². The molecule has 2 fully saturated rings. The molecule has 4 heterocycles. The van der Waals surface area contributed by atoms with Gasteiger partial charge in [0.05, 0.1) is 9.58 Å². The number of carbonyl (C=O) groups is 2. The minimum atomic E-state index is -0.913. The summed E-state index contributed by atoms with van der Waals surface area (Å²) in [7, 11) is 0. The van der Waals surface area contributed by atoms with Gasteiger partial charge in [-0.2, -0.15) is 0 Å². The number of anilines is 1. The number of likely N-dealkylation sites (tertiary alicyclic amines) is 1. The minimum absolute atomic E-state index is 0.173. The van der Waals surface area contributed by atoms with Crippen LogP contribution in [0.3, 0.4) is 0 Å². The number of fused-ring (bicyclic) bond motifs is 1. The lowest BCUT2D eigenvalue weighted by Crippen LogP contribution is -2.40. The number of amides is 1. The van der Waals surface area contributed by atoms with Gasteiger partial charge >= 0.3 is 5.97 Å². The van der Waals surface area contributed by atoms with Crippen LogP contribution in [0.2, 0.25) is 0 Å². The minimum Gasteiger partial charge on any atom is -0.480 e. The van der Waals surface area contributed by atoms with Gasteiger partial charge in [0.2, 0.25) is 0 Å². The number of carbonyl (C=O) groups excluding carboxylic acids is 1. The van der Waals surface area contributed by atoms with Gasteiger partial charge < -0.3 is 14.9 Å². The molecular formula is C15H17N3O3S2. The van der Waals surface area contributed by atoms with Crippen LogP contribution in [0.5, 0.6) is 0 Å². The molecule has 0 aromatic carbocycles. The number of thiazole rings is 1. The van der Waals surface area contributed by atoms with Crippen molar-refractivity contribution in [2.24, 2.45) is 0 Å². The molecule has 8 heteroatoms. The Morgan fingerprint density at radius 2 is 1.96 bits per heavy atom. The van der Waals surface area contributed by atoms with Gasteiger partial charge in [0, 0.05) is 19.6 Å². The van der Waals surface area contributed by atoms with Crippen molar-refractivity contribution < 1.29 is 14.7 Å². The zero-order valence-electron chi connectivity index (χ0n) is 12.5. The van der Waals surface area contributed by atoms with Gasteiger partial charge in [0.15, 0.2) is 5.13 Å². The van der Waals surface area contributed by atoms with Crippen molar-refractivity contribution >= 4 is 49.2 Å². The number of hydrogen-bond donors (Lipinski definition) is 1. The van der Waals surface area contributed by atoms with E-state index in [9.17, 15) is 14.7 Å². The summed E-state index contributed by atoms with van der Waals surface area (Å²) in [6.45, 7) is 2.63. The van der Waals surface area contributed by atoms with Gasteiger partial charge in [-0.25, -0.2) is 9.78 Å². The lowest BCUT2D eigenvalue weighted by Gasteiger charge is -2.20. The molecule has 2 aromatic heterocycles. The van der Waals surface area contributed by atoms with E-state index < -0.39 is 12.0 Å². The molecule has 0 bridgehead atoms. The molecule has 0 saturated carbocycles. The van der Waals surface area contributed by atoms with Crippen LogP contribution in [-0.2, 0) is 4.79 Å². The first-order valence-electron chi connectivity index (χ1n) is 7.82. The van der Waals surface area contributed by atoms with E-state index >= 15 is 0 Å². The van der Waals surface area contributed by atoms with Gasteiger partial charge in [-0.3, -0.25) is 4.79 Å². The first-order valence-corrected chi connectivity index (χ1v) is 9.46. The maximum atomic E-state index is 12.6. The predicted octanol–water partition coefficient (Wildman–Crippen LogP) is 2.65. The van der Waals surface area contributed by atoms with Crippen molar-refractivity contribution in [1.82, 2.24) is 9.88 Å². The summed E-state index contributed by atoms with van der Waals surface area (Å²) < 4.78 is 1.02. The highest BCUT2D eigenvalue weighted by molar-refractivity contribution is 7.29. The third-order valence-electron chi connectivity index (χ3n) is 4.46. The average Bonchev–Trinajstić information content (AvgIpc) is 3.26. The van der Waals surface area contributed by atoms with Crippen molar-refractivity contribution in [2.45, 2.75) is 31.7 Å². The Balaban J connectivity index is 1.58. The molecule has 6 nitrogen and oxygen atoms in total. The molecule has 23 heavy (non-hydrogen) atoms. The highest BCUT2D eigenvalue weighted by Crippen LogP contribution is 2.36. The monoisotopic (exact) mass is 351 g/mol. The van der Waals surface area contributed by atoms with E-state index in [1.807, 2.05) is 6.07 Å². The van der Waals surface area contributed by atoms with E-state index in [0.29, 0.717) is 17.8 Å². The summed E-state index contributed by atoms with van der Waals surface area (Å²) in [4.78, 5) is 33.8. The number of thiophene rings is 1. The van der Waals surface area contributed by atoms with Crippen molar-refractivity contribution in [3.05, 3.63) is 10.9 Å². The molecular weight excluding hydrogens is 334 g/mol. The molecule has 2 aliphatic heterocycles. The summed E-state index contributed by atoms with van der Waals surface area (Å²) in [6.07, 6.45) is 3.71. The summed E-state index contributed by atoms with van der Waals surface area (Å²) in [6, 6.07) is 1.19. The molecule has 0 radical (unpaired) electrons. The lowest BCUT2D eigenvalue weighted by atomic mass is 10.2. The highest BCUT2D eigenvalue weighted by atomic mass is 32.1. The quantitative estimate of drug-likeness (QED) is 0.920. The number of aliphatic carboxylic acids is 1. The van der Waals surface area contributed by atoms with Crippen LogP contribution in [-0.4, -0.2) is 52.5 Å². The number of nitrogens with zero attached hydrogens (tertiary/aromatic N) is 3. The van der Waals surface area contributed by atoms with Crippen molar-refractivity contribution in [3.63, 3.8) is 0 Å². The van der Waals surface area contributed by atoms with E-state index in [-0.39, 0.29) is 5.91 Å². The second-order valence-corrected chi connectivity index (χ2v) is 8.01. The Bertz CT molecular complexity index is 732. The van der Waals surface area contributed by atoms with Crippen LogP contribution in [0.1, 0.15) is 35.4 Å². The molecule has 122 valence electrons. The number of rotatable bonds is 3. The smallest absolute Gasteiger partial charge is 0.326 e. The maximum absolute atomic E-state index is 12.6. The Morgan fingerprint density at radius 3 is 2.65 bits per heavy atom. The van der Waals surface area contributed by atoms with E-state index in [1.165, 1.54) is 29.1 Å². The molecule has 2 saturated heterocycles. The standard InChI is InChI=1S/C15H17N3O3S2/c19-13(18-7-3-4-9(18)14(20)21)11-8-10-12(22-11)16-15(23-10)17-5-1-2-6-17/h8-9H,1-7H2,(H,20,21). The molecule has 2 aromatic rings. The number of hydrogen-bond acceptors (Lipinski definition) is 6. The maximum Gasteiger partial charge on any atom is 0.326 e. The fourth-order valence-corrected chi connectivity index (χ4v) is 5.50. The topological polar surface area (TPSA) is 73.7 Å².